The van der Waals surface area contributed by atoms with Crippen molar-refractivity contribution in [1.82, 2.24) is 15.5 Å². The van der Waals surface area contributed by atoms with E-state index in [0.717, 1.165) is 40.6 Å². The molecular weight excluding hydrogens is 318 g/mol. The number of hydrogen-bond acceptors (Lipinski definition) is 5. The number of rotatable bonds is 6. The quantitative estimate of drug-likeness (QED) is 0.723. The van der Waals surface area contributed by atoms with E-state index in [4.69, 9.17) is 14.2 Å². The Morgan fingerprint density at radius 1 is 1.12 bits per heavy atom. The van der Waals surface area contributed by atoms with Crippen molar-refractivity contribution in [3.8, 4) is 28.5 Å². The first kappa shape index (κ1) is 15.5. The first-order valence-electron chi connectivity index (χ1n) is 8.09. The molecule has 6 nitrogen and oxygen atoms in total. The average Bonchev–Trinajstić information content (AvgIpc) is 3.30. The first-order valence-corrected chi connectivity index (χ1v) is 8.09. The lowest BCUT2D eigenvalue weighted by Crippen LogP contribution is -2.12. The molecule has 0 aliphatic carbocycles. The maximum Gasteiger partial charge on any atom is 0.231 e. The van der Waals surface area contributed by atoms with Crippen LogP contribution >= 0.6 is 0 Å². The second-order valence-electron chi connectivity index (χ2n) is 5.79. The second-order valence-corrected chi connectivity index (χ2v) is 5.79. The van der Waals surface area contributed by atoms with Gasteiger partial charge in [-0.3, -0.25) is 5.10 Å². The predicted octanol–water partition coefficient (Wildman–Crippen LogP) is 3.10. The highest BCUT2D eigenvalue weighted by atomic mass is 16.7. The topological polar surface area (TPSA) is 68.4 Å². The van der Waals surface area contributed by atoms with E-state index in [9.17, 15) is 0 Å². The van der Waals surface area contributed by atoms with Crippen LogP contribution < -0.4 is 19.5 Å². The lowest BCUT2D eigenvalue weighted by Gasteiger charge is -2.08. The summed E-state index contributed by atoms with van der Waals surface area (Å²) in [5.41, 5.74) is 4.28. The van der Waals surface area contributed by atoms with Crippen LogP contribution in [-0.4, -0.2) is 24.1 Å². The number of ether oxygens (including phenoxy) is 3. The summed E-state index contributed by atoms with van der Waals surface area (Å²) in [5, 5.41) is 10.7. The zero-order valence-corrected chi connectivity index (χ0v) is 13.9. The van der Waals surface area contributed by atoms with Gasteiger partial charge in [0.25, 0.3) is 0 Å². The lowest BCUT2D eigenvalue weighted by molar-refractivity contribution is 0.174. The number of aromatic nitrogens is 2. The monoisotopic (exact) mass is 337 g/mol. The number of benzene rings is 2. The van der Waals surface area contributed by atoms with E-state index in [2.05, 4.69) is 21.6 Å². The van der Waals surface area contributed by atoms with Gasteiger partial charge >= 0.3 is 0 Å². The van der Waals surface area contributed by atoms with Crippen molar-refractivity contribution in [2.45, 2.75) is 13.1 Å². The zero-order chi connectivity index (χ0) is 17.1. The van der Waals surface area contributed by atoms with Gasteiger partial charge < -0.3 is 19.5 Å². The number of aromatic amines is 1. The van der Waals surface area contributed by atoms with Crippen molar-refractivity contribution < 1.29 is 14.2 Å². The van der Waals surface area contributed by atoms with Crippen LogP contribution in [0.4, 0.5) is 0 Å². The molecule has 4 rings (SSSR count). The summed E-state index contributed by atoms with van der Waals surface area (Å²) in [6, 6.07) is 13.9. The van der Waals surface area contributed by atoms with E-state index in [1.807, 2.05) is 42.6 Å². The van der Waals surface area contributed by atoms with Crippen molar-refractivity contribution >= 4 is 0 Å². The second kappa shape index (κ2) is 6.86. The molecule has 3 aromatic rings. The van der Waals surface area contributed by atoms with E-state index in [1.54, 1.807) is 7.11 Å². The number of H-pyrrole nitrogens is 1. The Kier molecular flexibility index (Phi) is 4.26. The van der Waals surface area contributed by atoms with E-state index < -0.39 is 0 Å². The molecule has 1 aliphatic heterocycles. The molecule has 0 fully saturated rings. The molecule has 2 N–H and O–H groups in total. The lowest BCUT2D eigenvalue weighted by atomic mass is 10.1. The number of fused-ring (bicyclic) bond motifs is 1. The largest absolute Gasteiger partial charge is 0.497 e. The van der Waals surface area contributed by atoms with Crippen molar-refractivity contribution in [3.63, 3.8) is 0 Å². The number of nitrogens with zero attached hydrogens (tertiary/aromatic N) is 1. The van der Waals surface area contributed by atoms with Gasteiger partial charge in [-0.15, -0.1) is 0 Å². The maximum atomic E-state index is 5.45. The van der Waals surface area contributed by atoms with Crippen molar-refractivity contribution in [2.24, 2.45) is 0 Å². The van der Waals surface area contributed by atoms with E-state index in [1.165, 1.54) is 5.56 Å². The molecule has 0 amide bonds. The minimum Gasteiger partial charge on any atom is -0.497 e. The zero-order valence-electron chi connectivity index (χ0n) is 13.9. The van der Waals surface area contributed by atoms with Gasteiger partial charge in [0, 0.05) is 24.2 Å². The number of methoxy groups -OCH3 is 1. The van der Waals surface area contributed by atoms with Gasteiger partial charge in [-0.1, -0.05) is 12.1 Å². The van der Waals surface area contributed by atoms with E-state index in [-0.39, 0.29) is 6.79 Å². The molecule has 0 atom stereocenters. The van der Waals surface area contributed by atoms with Crippen LogP contribution in [0.25, 0.3) is 11.3 Å². The third-order valence-electron chi connectivity index (χ3n) is 4.16. The third-order valence-corrected chi connectivity index (χ3v) is 4.16. The average molecular weight is 337 g/mol. The minimum absolute atomic E-state index is 0.275. The van der Waals surface area contributed by atoms with Crippen molar-refractivity contribution in [1.29, 1.82) is 0 Å². The molecule has 1 aromatic heterocycles. The summed E-state index contributed by atoms with van der Waals surface area (Å²) in [6.07, 6.45) is 1.85. The Morgan fingerprint density at radius 2 is 2.04 bits per heavy atom. The van der Waals surface area contributed by atoms with Crippen LogP contribution in [0.15, 0.2) is 48.7 Å². The Balaban J connectivity index is 1.45. The number of hydrogen-bond donors (Lipinski definition) is 2. The van der Waals surface area contributed by atoms with Crippen LogP contribution in [0.2, 0.25) is 0 Å². The van der Waals surface area contributed by atoms with Crippen molar-refractivity contribution in [3.05, 3.63) is 59.8 Å². The van der Waals surface area contributed by atoms with Gasteiger partial charge in [0.05, 0.1) is 19.0 Å². The molecule has 0 spiro atoms. The Bertz CT molecular complexity index is 876. The Labute approximate surface area is 145 Å². The fourth-order valence-corrected chi connectivity index (χ4v) is 2.87. The fraction of sp³-hybridized carbons (Fsp3) is 0.211. The summed E-state index contributed by atoms with van der Waals surface area (Å²) in [6.45, 7) is 1.73. The molecule has 2 heterocycles. The van der Waals surface area contributed by atoms with Gasteiger partial charge in [-0.2, -0.15) is 5.10 Å². The third kappa shape index (κ3) is 3.29. The predicted molar refractivity (Wildman–Crippen MR) is 93.7 cm³/mol. The molecule has 0 saturated carbocycles. The molecule has 0 radical (unpaired) electrons. The molecule has 0 bridgehead atoms. The number of nitrogens with one attached hydrogen (secondary N) is 2. The standard InChI is InChI=1S/C19H19N3O3/c1-23-16-4-2-3-13(7-16)9-20-10-15-11-21-22-19(15)14-5-6-17-18(8-14)25-12-24-17/h2-8,11,20H,9-10,12H2,1H3,(H,21,22). The van der Waals surface area contributed by atoms with E-state index >= 15 is 0 Å². The Hall–Kier alpha value is -2.99. The van der Waals surface area contributed by atoms with Gasteiger partial charge in [0.1, 0.15) is 5.75 Å². The summed E-state index contributed by atoms with van der Waals surface area (Å²) in [7, 11) is 1.68. The molecule has 25 heavy (non-hydrogen) atoms. The van der Waals surface area contributed by atoms with Crippen molar-refractivity contribution in [2.75, 3.05) is 13.9 Å². The molecule has 128 valence electrons. The summed E-state index contributed by atoms with van der Waals surface area (Å²) >= 11 is 0. The highest BCUT2D eigenvalue weighted by molar-refractivity contribution is 5.66. The van der Waals surface area contributed by atoms with Gasteiger partial charge in [-0.05, 0) is 35.9 Å². The smallest absolute Gasteiger partial charge is 0.231 e. The van der Waals surface area contributed by atoms with Gasteiger partial charge in [0.2, 0.25) is 6.79 Å². The van der Waals surface area contributed by atoms with E-state index in [0.29, 0.717) is 6.54 Å². The van der Waals surface area contributed by atoms with Crippen LogP contribution in [0.1, 0.15) is 11.1 Å². The molecule has 6 heteroatoms. The Morgan fingerprint density at radius 3 is 2.96 bits per heavy atom. The molecule has 0 unspecified atom stereocenters. The minimum atomic E-state index is 0.275. The van der Waals surface area contributed by atoms with Crippen LogP contribution in [0.3, 0.4) is 0 Å². The normalized spacial score (nSPS) is 12.4. The fourth-order valence-electron chi connectivity index (χ4n) is 2.87. The van der Waals surface area contributed by atoms with Crippen LogP contribution in [-0.2, 0) is 13.1 Å². The summed E-state index contributed by atoms with van der Waals surface area (Å²) in [4.78, 5) is 0. The molecule has 2 aromatic carbocycles. The summed E-state index contributed by atoms with van der Waals surface area (Å²) in [5.74, 6) is 2.41. The molecular formula is C19H19N3O3. The highest BCUT2D eigenvalue weighted by Gasteiger charge is 2.16. The van der Waals surface area contributed by atoms with Gasteiger partial charge in [0.15, 0.2) is 11.5 Å². The highest BCUT2D eigenvalue weighted by Crippen LogP contribution is 2.36. The first-order chi connectivity index (χ1) is 12.3. The van der Waals surface area contributed by atoms with Gasteiger partial charge in [-0.25, -0.2) is 0 Å². The maximum absolute atomic E-state index is 5.45. The van der Waals surface area contributed by atoms with Crippen LogP contribution in [0.5, 0.6) is 17.2 Å². The van der Waals surface area contributed by atoms with Crippen LogP contribution in [0, 0.1) is 0 Å². The SMILES string of the molecule is COc1cccc(CNCc2cn[nH]c2-c2ccc3c(c2)OCO3)c1. The molecule has 1 aliphatic rings. The molecule has 0 saturated heterocycles. The summed E-state index contributed by atoms with van der Waals surface area (Å²) < 4.78 is 16.1.